The molecule has 7 heteroatoms. The highest BCUT2D eigenvalue weighted by molar-refractivity contribution is 6.28. The molecule has 0 N–H and O–H groups in total. The second-order valence-electron chi connectivity index (χ2n) is 6.10. The van der Waals surface area contributed by atoms with Crippen LogP contribution in [0.1, 0.15) is 21.7 Å². The van der Waals surface area contributed by atoms with Crippen molar-refractivity contribution in [3.05, 3.63) is 77.5 Å². The van der Waals surface area contributed by atoms with Crippen molar-refractivity contribution in [2.45, 2.75) is 6.92 Å². The van der Waals surface area contributed by atoms with Gasteiger partial charge in [0.2, 0.25) is 0 Å². The van der Waals surface area contributed by atoms with Gasteiger partial charge in [0.25, 0.3) is 0 Å². The fraction of sp³-hybridized carbons (Fsp3) is 0.158. The SMILES string of the molecule is Cc1ccc(-n2nnnc2/C(=C\N(C)C)C(=O)c2cccc(F)c2)cc1. The Kier molecular flexibility index (Phi) is 4.88. The summed E-state index contributed by atoms with van der Waals surface area (Å²) >= 11 is 0. The average Bonchev–Trinajstić information content (AvgIpc) is 3.09. The highest BCUT2D eigenvalue weighted by Gasteiger charge is 2.22. The average molecular weight is 351 g/mol. The summed E-state index contributed by atoms with van der Waals surface area (Å²) in [5, 5.41) is 11.8. The minimum atomic E-state index is -0.474. The van der Waals surface area contributed by atoms with Crippen LogP contribution >= 0.6 is 0 Å². The van der Waals surface area contributed by atoms with Gasteiger partial charge < -0.3 is 4.90 Å². The Morgan fingerprint density at radius 1 is 1.15 bits per heavy atom. The second kappa shape index (κ2) is 7.26. The molecule has 0 aliphatic heterocycles. The summed E-state index contributed by atoms with van der Waals surface area (Å²) in [6, 6.07) is 13.2. The molecule has 6 nitrogen and oxygen atoms in total. The molecule has 0 bridgehead atoms. The first-order chi connectivity index (χ1) is 12.5. The molecule has 0 spiro atoms. The lowest BCUT2D eigenvalue weighted by molar-refractivity contribution is 0.105. The van der Waals surface area contributed by atoms with Crippen LogP contribution in [0.15, 0.2) is 54.7 Å². The summed E-state index contributed by atoms with van der Waals surface area (Å²) in [4.78, 5) is 14.7. The molecule has 3 aromatic rings. The molecule has 0 aliphatic rings. The normalized spacial score (nSPS) is 11.5. The topological polar surface area (TPSA) is 63.9 Å². The number of benzene rings is 2. The third-order valence-electron chi connectivity index (χ3n) is 3.71. The second-order valence-corrected chi connectivity index (χ2v) is 6.10. The van der Waals surface area contributed by atoms with Crippen LogP contribution in [-0.4, -0.2) is 45.0 Å². The number of hydrogen-bond acceptors (Lipinski definition) is 5. The standard InChI is InChI=1S/C19H18FN5O/c1-13-7-9-16(10-8-13)25-19(21-22-23-25)17(12-24(2)3)18(26)14-5-4-6-15(20)11-14/h4-12H,1-3H3/b17-12-. The Hall–Kier alpha value is -3.35. The van der Waals surface area contributed by atoms with Crippen LogP contribution in [0.4, 0.5) is 4.39 Å². The monoisotopic (exact) mass is 351 g/mol. The molecule has 0 amide bonds. The number of Topliss-reactive ketones (excluding diaryl/α,β-unsaturated/α-hetero) is 1. The van der Waals surface area contributed by atoms with E-state index in [2.05, 4.69) is 15.5 Å². The van der Waals surface area contributed by atoms with Gasteiger partial charge in [0.15, 0.2) is 11.6 Å². The molecule has 0 atom stereocenters. The Balaban J connectivity index is 2.09. The number of hydrogen-bond donors (Lipinski definition) is 0. The minimum absolute atomic E-state index is 0.233. The Morgan fingerprint density at radius 3 is 2.54 bits per heavy atom. The zero-order valence-electron chi connectivity index (χ0n) is 14.7. The maximum absolute atomic E-state index is 13.6. The van der Waals surface area contributed by atoms with Crippen LogP contribution in [-0.2, 0) is 0 Å². The number of ketones is 1. The predicted octanol–water partition coefficient (Wildman–Crippen LogP) is 2.90. The van der Waals surface area contributed by atoms with E-state index in [9.17, 15) is 9.18 Å². The Bertz CT molecular complexity index is 960. The van der Waals surface area contributed by atoms with E-state index in [1.54, 1.807) is 31.3 Å². The molecule has 132 valence electrons. The van der Waals surface area contributed by atoms with E-state index in [4.69, 9.17) is 0 Å². The van der Waals surface area contributed by atoms with E-state index < -0.39 is 5.82 Å². The first-order valence-electron chi connectivity index (χ1n) is 8.00. The highest BCUT2D eigenvalue weighted by Crippen LogP contribution is 2.21. The molecule has 26 heavy (non-hydrogen) atoms. The molecule has 0 radical (unpaired) electrons. The van der Waals surface area contributed by atoms with E-state index >= 15 is 0 Å². The molecule has 3 rings (SSSR count). The lowest BCUT2D eigenvalue weighted by Gasteiger charge is -2.12. The summed E-state index contributed by atoms with van der Waals surface area (Å²) < 4.78 is 15.0. The minimum Gasteiger partial charge on any atom is -0.383 e. The molecule has 1 heterocycles. The molecular weight excluding hydrogens is 333 g/mol. The molecule has 0 fully saturated rings. The van der Waals surface area contributed by atoms with Crippen LogP contribution in [0.3, 0.4) is 0 Å². The molecule has 0 aliphatic carbocycles. The van der Waals surface area contributed by atoms with Gasteiger partial charge in [0.05, 0.1) is 11.3 Å². The molecule has 1 aromatic heterocycles. The van der Waals surface area contributed by atoms with Crippen LogP contribution in [0.2, 0.25) is 0 Å². The van der Waals surface area contributed by atoms with E-state index in [1.165, 1.54) is 22.9 Å². The van der Waals surface area contributed by atoms with Gasteiger partial charge in [-0.25, -0.2) is 4.39 Å². The first-order valence-corrected chi connectivity index (χ1v) is 8.00. The molecule has 0 saturated carbocycles. The van der Waals surface area contributed by atoms with Crippen LogP contribution in [0.5, 0.6) is 0 Å². The molecule has 0 saturated heterocycles. The lowest BCUT2D eigenvalue weighted by atomic mass is 10.0. The molecule has 0 unspecified atom stereocenters. The number of allylic oxidation sites excluding steroid dienone is 1. The van der Waals surface area contributed by atoms with Crippen molar-refractivity contribution in [3.8, 4) is 5.69 Å². The zero-order valence-corrected chi connectivity index (χ0v) is 14.7. The fourth-order valence-corrected chi connectivity index (χ4v) is 2.48. The van der Waals surface area contributed by atoms with Gasteiger partial charge in [-0.3, -0.25) is 4.79 Å². The number of halogens is 1. The third kappa shape index (κ3) is 3.66. The number of carbonyl (C=O) groups excluding carboxylic acids is 1. The van der Waals surface area contributed by atoms with Crippen molar-refractivity contribution in [2.75, 3.05) is 14.1 Å². The predicted molar refractivity (Wildman–Crippen MR) is 96.3 cm³/mol. The van der Waals surface area contributed by atoms with Crippen molar-refractivity contribution in [3.63, 3.8) is 0 Å². The summed E-state index contributed by atoms with van der Waals surface area (Å²) in [5.74, 6) is -0.545. The van der Waals surface area contributed by atoms with Crippen molar-refractivity contribution in [1.29, 1.82) is 0 Å². The van der Waals surface area contributed by atoms with Gasteiger partial charge in [-0.15, -0.1) is 5.10 Å². The van der Waals surface area contributed by atoms with Crippen LogP contribution < -0.4 is 0 Å². The largest absolute Gasteiger partial charge is 0.383 e. The van der Waals surface area contributed by atoms with Gasteiger partial charge in [0, 0.05) is 25.9 Å². The van der Waals surface area contributed by atoms with Crippen molar-refractivity contribution in [2.24, 2.45) is 0 Å². The summed E-state index contributed by atoms with van der Waals surface area (Å²) in [7, 11) is 3.58. The number of rotatable bonds is 5. The van der Waals surface area contributed by atoms with Gasteiger partial charge in [-0.2, -0.15) is 4.68 Å². The van der Waals surface area contributed by atoms with E-state index in [-0.39, 0.29) is 22.7 Å². The van der Waals surface area contributed by atoms with Gasteiger partial charge in [-0.1, -0.05) is 29.8 Å². The smallest absolute Gasteiger partial charge is 0.198 e. The molecule has 2 aromatic carbocycles. The van der Waals surface area contributed by atoms with Crippen molar-refractivity contribution >= 4 is 11.4 Å². The van der Waals surface area contributed by atoms with Gasteiger partial charge in [0.1, 0.15) is 5.82 Å². The van der Waals surface area contributed by atoms with Crippen molar-refractivity contribution in [1.82, 2.24) is 25.1 Å². The fourth-order valence-electron chi connectivity index (χ4n) is 2.48. The Morgan fingerprint density at radius 2 is 1.88 bits per heavy atom. The number of tetrazole rings is 1. The van der Waals surface area contributed by atoms with Gasteiger partial charge >= 0.3 is 0 Å². The third-order valence-corrected chi connectivity index (χ3v) is 3.71. The van der Waals surface area contributed by atoms with Crippen LogP contribution in [0, 0.1) is 12.7 Å². The summed E-state index contributed by atoms with van der Waals surface area (Å²) in [5.41, 5.74) is 2.33. The summed E-state index contributed by atoms with van der Waals surface area (Å²) in [6.07, 6.45) is 1.63. The number of aromatic nitrogens is 4. The highest BCUT2D eigenvalue weighted by atomic mass is 19.1. The van der Waals surface area contributed by atoms with E-state index in [1.807, 2.05) is 31.2 Å². The maximum Gasteiger partial charge on any atom is 0.198 e. The first kappa shape index (κ1) is 17.5. The lowest BCUT2D eigenvalue weighted by Crippen LogP contribution is -2.13. The van der Waals surface area contributed by atoms with Crippen LogP contribution in [0.25, 0.3) is 11.3 Å². The molecular formula is C19H18FN5O. The number of carbonyl (C=O) groups is 1. The zero-order chi connectivity index (χ0) is 18.7. The van der Waals surface area contributed by atoms with E-state index in [0.29, 0.717) is 0 Å². The van der Waals surface area contributed by atoms with E-state index in [0.717, 1.165) is 11.3 Å². The number of nitrogens with zero attached hydrogens (tertiary/aromatic N) is 5. The van der Waals surface area contributed by atoms with Gasteiger partial charge in [-0.05, 0) is 41.6 Å². The quantitative estimate of drug-likeness (QED) is 0.522. The summed E-state index contributed by atoms with van der Waals surface area (Å²) in [6.45, 7) is 1.98. The number of aryl methyl sites for hydroxylation is 1. The Labute approximate surface area is 150 Å². The maximum atomic E-state index is 13.6. The van der Waals surface area contributed by atoms with Crippen molar-refractivity contribution < 1.29 is 9.18 Å².